The van der Waals surface area contributed by atoms with Gasteiger partial charge in [0.2, 0.25) is 0 Å². The summed E-state index contributed by atoms with van der Waals surface area (Å²) in [5.41, 5.74) is 0.606. The number of rotatable bonds is 3. The molecule has 0 fully saturated rings. The van der Waals surface area contributed by atoms with Crippen LogP contribution in [0.3, 0.4) is 0 Å². The van der Waals surface area contributed by atoms with Gasteiger partial charge in [0, 0.05) is 12.9 Å². The lowest BCUT2D eigenvalue weighted by atomic mass is 10.2. The van der Waals surface area contributed by atoms with Crippen molar-refractivity contribution in [2.75, 3.05) is 12.9 Å². The lowest BCUT2D eigenvalue weighted by molar-refractivity contribution is 0.299. The summed E-state index contributed by atoms with van der Waals surface area (Å²) in [6.45, 7) is -0.0885. The highest BCUT2D eigenvalue weighted by Crippen LogP contribution is 2.16. The van der Waals surface area contributed by atoms with Crippen LogP contribution in [0.15, 0.2) is 23.1 Å². The third-order valence-electron chi connectivity index (χ3n) is 1.80. The Morgan fingerprint density at radius 3 is 2.57 bits per heavy atom. The van der Waals surface area contributed by atoms with E-state index >= 15 is 0 Å². The largest absolute Gasteiger partial charge is 0.396 e. The quantitative estimate of drug-likeness (QED) is 0.815. The van der Waals surface area contributed by atoms with Crippen LogP contribution in [0.25, 0.3) is 0 Å². The number of hydrogen-bond acceptors (Lipinski definition) is 3. The molecule has 1 aromatic carbocycles. The first-order valence-electron chi connectivity index (χ1n) is 4.04. The fraction of sp³-hybridized carbons (Fsp3) is 0.333. The van der Waals surface area contributed by atoms with Crippen molar-refractivity contribution in [2.24, 2.45) is 0 Å². The van der Waals surface area contributed by atoms with Crippen molar-refractivity contribution in [3.05, 3.63) is 29.6 Å². The van der Waals surface area contributed by atoms with E-state index in [1.165, 1.54) is 12.1 Å². The lowest BCUT2D eigenvalue weighted by Crippen LogP contribution is -2.02. The molecule has 78 valence electrons. The molecule has 0 aliphatic heterocycles. The van der Waals surface area contributed by atoms with Crippen LogP contribution in [0.2, 0.25) is 0 Å². The van der Waals surface area contributed by atoms with Gasteiger partial charge in [-0.1, -0.05) is 6.07 Å². The van der Waals surface area contributed by atoms with Crippen LogP contribution in [-0.2, 0) is 16.3 Å². The molecule has 0 bridgehead atoms. The highest BCUT2D eigenvalue weighted by molar-refractivity contribution is 7.90. The molecule has 0 saturated carbocycles. The number of benzene rings is 1. The van der Waals surface area contributed by atoms with Gasteiger partial charge in [0.15, 0.2) is 9.84 Å². The molecular weight excluding hydrogens is 207 g/mol. The van der Waals surface area contributed by atoms with Crippen molar-refractivity contribution in [1.29, 1.82) is 0 Å². The van der Waals surface area contributed by atoms with E-state index in [1.54, 1.807) is 0 Å². The van der Waals surface area contributed by atoms with Crippen LogP contribution in [0.1, 0.15) is 5.56 Å². The van der Waals surface area contributed by atoms with Crippen LogP contribution in [0, 0.1) is 5.82 Å². The SMILES string of the molecule is CS(=O)(=O)c1cc(CCO)ccc1F. The Kier molecular flexibility index (Phi) is 3.23. The van der Waals surface area contributed by atoms with Crippen molar-refractivity contribution in [3.63, 3.8) is 0 Å². The molecule has 1 N–H and O–H groups in total. The van der Waals surface area contributed by atoms with Gasteiger partial charge in [-0.25, -0.2) is 12.8 Å². The fourth-order valence-electron chi connectivity index (χ4n) is 1.12. The van der Waals surface area contributed by atoms with Crippen molar-refractivity contribution in [2.45, 2.75) is 11.3 Å². The molecule has 0 aliphatic rings. The maximum Gasteiger partial charge on any atom is 0.178 e. The van der Waals surface area contributed by atoms with Crippen molar-refractivity contribution in [3.8, 4) is 0 Å². The van der Waals surface area contributed by atoms with Gasteiger partial charge in [-0.15, -0.1) is 0 Å². The molecule has 0 atom stereocenters. The molecule has 14 heavy (non-hydrogen) atoms. The average molecular weight is 218 g/mol. The second-order valence-electron chi connectivity index (χ2n) is 3.01. The predicted molar refractivity (Wildman–Crippen MR) is 50.3 cm³/mol. The zero-order valence-corrected chi connectivity index (χ0v) is 8.51. The second kappa shape index (κ2) is 4.06. The summed E-state index contributed by atoms with van der Waals surface area (Å²) in [6, 6.07) is 3.81. The smallest absolute Gasteiger partial charge is 0.178 e. The standard InChI is InChI=1S/C9H11FO3S/c1-14(12,13)9-6-7(4-5-11)2-3-8(9)10/h2-3,6,11H,4-5H2,1H3. The second-order valence-corrected chi connectivity index (χ2v) is 4.99. The van der Waals surface area contributed by atoms with Gasteiger partial charge in [0.05, 0.1) is 0 Å². The van der Waals surface area contributed by atoms with Crippen LogP contribution >= 0.6 is 0 Å². The molecule has 0 saturated heterocycles. The molecule has 0 unspecified atom stereocenters. The fourth-order valence-corrected chi connectivity index (χ4v) is 1.90. The zero-order chi connectivity index (χ0) is 10.8. The summed E-state index contributed by atoms with van der Waals surface area (Å²) >= 11 is 0. The van der Waals surface area contributed by atoms with Crippen molar-refractivity contribution >= 4 is 9.84 Å². The maximum absolute atomic E-state index is 13.1. The van der Waals surface area contributed by atoms with E-state index in [2.05, 4.69) is 0 Å². The first-order valence-corrected chi connectivity index (χ1v) is 5.93. The normalized spacial score (nSPS) is 11.6. The number of halogens is 1. The number of aliphatic hydroxyl groups is 1. The zero-order valence-electron chi connectivity index (χ0n) is 7.70. The van der Waals surface area contributed by atoms with Crippen LogP contribution in [-0.4, -0.2) is 26.4 Å². The monoisotopic (exact) mass is 218 g/mol. The minimum Gasteiger partial charge on any atom is -0.396 e. The van der Waals surface area contributed by atoms with Crippen LogP contribution in [0.5, 0.6) is 0 Å². The predicted octanol–water partition coefficient (Wildman–Crippen LogP) is 0.764. The Morgan fingerprint density at radius 2 is 2.07 bits per heavy atom. The van der Waals surface area contributed by atoms with Crippen molar-refractivity contribution < 1.29 is 17.9 Å². The third-order valence-corrected chi connectivity index (χ3v) is 2.91. The lowest BCUT2D eigenvalue weighted by Gasteiger charge is -2.03. The molecule has 0 radical (unpaired) electrons. The summed E-state index contributed by atoms with van der Waals surface area (Å²) in [4.78, 5) is -0.316. The topological polar surface area (TPSA) is 54.4 Å². The molecule has 0 aliphatic carbocycles. The maximum atomic E-state index is 13.1. The van der Waals surface area contributed by atoms with Gasteiger partial charge in [-0.2, -0.15) is 0 Å². The number of sulfone groups is 1. The summed E-state index contributed by atoms with van der Waals surface area (Å²) in [5, 5.41) is 8.64. The Balaban J connectivity index is 3.22. The first-order chi connectivity index (χ1) is 6.45. The van der Waals surface area contributed by atoms with E-state index in [-0.39, 0.29) is 11.5 Å². The van der Waals surface area contributed by atoms with Crippen LogP contribution in [0.4, 0.5) is 4.39 Å². The van der Waals surface area contributed by atoms with Gasteiger partial charge in [0.1, 0.15) is 10.7 Å². The summed E-state index contributed by atoms with van der Waals surface area (Å²) < 4.78 is 35.3. The van der Waals surface area contributed by atoms with Gasteiger partial charge >= 0.3 is 0 Å². The number of aliphatic hydroxyl groups excluding tert-OH is 1. The molecular formula is C9H11FO3S. The third kappa shape index (κ3) is 2.52. The summed E-state index contributed by atoms with van der Waals surface area (Å²) in [5.74, 6) is -0.755. The van der Waals surface area contributed by atoms with Crippen molar-refractivity contribution in [1.82, 2.24) is 0 Å². The number of hydrogen-bond donors (Lipinski definition) is 1. The van der Waals surface area contributed by atoms with E-state index < -0.39 is 15.7 Å². The molecule has 3 nitrogen and oxygen atoms in total. The van der Waals surface area contributed by atoms with Gasteiger partial charge in [-0.05, 0) is 24.1 Å². The molecule has 0 amide bonds. The van der Waals surface area contributed by atoms with E-state index in [0.29, 0.717) is 12.0 Å². The molecule has 1 aromatic rings. The molecule has 0 spiro atoms. The van der Waals surface area contributed by atoms with E-state index in [9.17, 15) is 12.8 Å². The summed E-state index contributed by atoms with van der Waals surface area (Å²) in [7, 11) is -3.53. The Bertz CT molecular complexity index is 426. The average Bonchev–Trinajstić information content (AvgIpc) is 2.07. The minimum atomic E-state index is -3.53. The van der Waals surface area contributed by atoms with Gasteiger partial charge in [0.25, 0.3) is 0 Å². The highest BCUT2D eigenvalue weighted by atomic mass is 32.2. The van der Waals surface area contributed by atoms with E-state index in [1.807, 2.05) is 0 Å². The highest BCUT2D eigenvalue weighted by Gasteiger charge is 2.13. The molecule has 1 rings (SSSR count). The van der Waals surface area contributed by atoms with Gasteiger partial charge < -0.3 is 5.11 Å². The van der Waals surface area contributed by atoms with Crippen LogP contribution < -0.4 is 0 Å². The van der Waals surface area contributed by atoms with E-state index in [4.69, 9.17) is 5.11 Å². The van der Waals surface area contributed by atoms with E-state index in [0.717, 1.165) is 12.3 Å². The first kappa shape index (κ1) is 11.1. The molecule has 0 aromatic heterocycles. The Hall–Kier alpha value is -0.940. The Labute approximate surface area is 82.1 Å². The molecule has 5 heteroatoms. The summed E-state index contributed by atoms with van der Waals surface area (Å²) in [6.07, 6.45) is 1.27. The minimum absolute atomic E-state index is 0.0885. The van der Waals surface area contributed by atoms with Gasteiger partial charge in [-0.3, -0.25) is 0 Å². The molecule has 0 heterocycles. The Morgan fingerprint density at radius 1 is 1.43 bits per heavy atom.